The lowest BCUT2D eigenvalue weighted by molar-refractivity contribution is -0.138. The molecule has 1 aliphatic carbocycles. The van der Waals surface area contributed by atoms with Crippen molar-refractivity contribution in [2.24, 2.45) is 0 Å². The highest BCUT2D eigenvalue weighted by atomic mass is 32.2. The molecule has 1 atom stereocenters. The number of nitrogens with zero attached hydrogens (tertiary/aromatic N) is 1. The Balaban J connectivity index is 1.56. The SMILES string of the molecule is O=C(O)CC[C@H]1CN(S(=O)(=O)c2cccc(C(F)(F)F)c2)c2cc(/C=C3\CCc4ccccc43)ccc2O1. The number of hydrogen-bond acceptors (Lipinski definition) is 4. The van der Waals surface area contributed by atoms with Crippen LogP contribution in [0.2, 0.25) is 0 Å². The molecule has 3 aromatic rings. The molecule has 0 unspecified atom stereocenters. The van der Waals surface area contributed by atoms with Crippen LogP contribution >= 0.6 is 0 Å². The fourth-order valence-corrected chi connectivity index (χ4v) is 6.39. The summed E-state index contributed by atoms with van der Waals surface area (Å²) < 4.78 is 74.4. The predicted octanol–water partition coefficient (Wildman–Crippen LogP) is 6.01. The summed E-state index contributed by atoms with van der Waals surface area (Å²) in [6.45, 7) is -0.234. The predicted molar refractivity (Wildman–Crippen MR) is 136 cm³/mol. The zero-order valence-corrected chi connectivity index (χ0v) is 20.9. The number of carboxylic acids is 1. The van der Waals surface area contributed by atoms with Crippen molar-refractivity contribution < 1.29 is 36.2 Å². The van der Waals surface area contributed by atoms with E-state index in [1.54, 1.807) is 18.2 Å². The number of aliphatic carboxylic acids is 1. The number of carbonyl (C=O) groups is 1. The molecule has 1 N–H and O–H groups in total. The molecule has 38 heavy (non-hydrogen) atoms. The Bertz CT molecular complexity index is 1530. The van der Waals surface area contributed by atoms with Gasteiger partial charge in [0.1, 0.15) is 11.9 Å². The second kappa shape index (κ2) is 9.83. The number of halogens is 3. The minimum Gasteiger partial charge on any atom is -0.486 e. The molecular weight excluding hydrogens is 519 g/mol. The molecule has 1 aliphatic heterocycles. The maximum Gasteiger partial charge on any atom is 0.416 e. The number of hydrogen-bond donors (Lipinski definition) is 1. The Morgan fingerprint density at radius 1 is 1.05 bits per heavy atom. The Labute approximate surface area is 218 Å². The van der Waals surface area contributed by atoms with Gasteiger partial charge in [-0.25, -0.2) is 8.42 Å². The molecule has 2 aliphatic rings. The second-order valence-corrected chi connectivity index (χ2v) is 11.2. The largest absolute Gasteiger partial charge is 0.486 e. The van der Waals surface area contributed by atoms with Crippen molar-refractivity contribution in [2.75, 3.05) is 10.8 Å². The number of aryl methyl sites for hydroxylation is 1. The van der Waals surface area contributed by atoms with Crippen LogP contribution in [-0.2, 0) is 27.4 Å². The van der Waals surface area contributed by atoms with Gasteiger partial charge in [-0.1, -0.05) is 42.5 Å². The molecule has 1 heterocycles. The maximum atomic E-state index is 13.7. The first kappa shape index (κ1) is 25.8. The molecule has 0 saturated heterocycles. The maximum absolute atomic E-state index is 13.7. The summed E-state index contributed by atoms with van der Waals surface area (Å²) in [5.41, 5.74) is 3.29. The molecule has 10 heteroatoms. The summed E-state index contributed by atoms with van der Waals surface area (Å²) in [6, 6.07) is 16.7. The zero-order chi connectivity index (χ0) is 27.1. The zero-order valence-electron chi connectivity index (χ0n) is 20.1. The first-order valence-corrected chi connectivity index (χ1v) is 13.5. The summed E-state index contributed by atoms with van der Waals surface area (Å²) >= 11 is 0. The number of carboxylic acid groups (broad SMARTS) is 1. The summed E-state index contributed by atoms with van der Waals surface area (Å²) in [5.74, 6) is -0.846. The van der Waals surface area contributed by atoms with Crippen LogP contribution in [-0.4, -0.2) is 32.1 Å². The van der Waals surface area contributed by atoms with Crippen LogP contribution < -0.4 is 9.04 Å². The average molecular weight is 544 g/mol. The third kappa shape index (κ3) is 5.13. The summed E-state index contributed by atoms with van der Waals surface area (Å²) in [7, 11) is -4.44. The van der Waals surface area contributed by atoms with Crippen LogP contribution in [0.25, 0.3) is 11.6 Å². The van der Waals surface area contributed by atoms with Crippen molar-refractivity contribution >= 4 is 33.3 Å². The minimum atomic E-state index is -4.71. The van der Waals surface area contributed by atoms with Crippen molar-refractivity contribution in [1.82, 2.24) is 0 Å². The van der Waals surface area contributed by atoms with Crippen molar-refractivity contribution in [1.29, 1.82) is 0 Å². The summed E-state index contributed by atoms with van der Waals surface area (Å²) in [5, 5.41) is 9.09. The summed E-state index contributed by atoms with van der Waals surface area (Å²) in [4.78, 5) is 10.6. The van der Waals surface area contributed by atoms with Crippen LogP contribution in [0.1, 0.15) is 41.5 Å². The van der Waals surface area contributed by atoms with Crippen LogP contribution in [0.5, 0.6) is 5.75 Å². The molecular formula is C28H24F3NO5S. The van der Waals surface area contributed by atoms with Gasteiger partial charge in [0.15, 0.2) is 0 Å². The number of allylic oxidation sites excluding steroid dienone is 1. The van der Waals surface area contributed by atoms with E-state index < -0.39 is 38.7 Å². The van der Waals surface area contributed by atoms with Crippen LogP contribution in [0, 0.1) is 0 Å². The molecule has 5 rings (SSSR count). The number of rotatable bonds is 6. The standard InChI is InChI=1S/C28H24F3NO5S/c29-28(30,31)21-5-3-6-23(16-21)38(35,36)32-17-22(11-13-27(33)34)37-26-12-8-18(15-25(26)32)14-20-10-9-19-4-1-2-7-24(19)20/h1-8,12,14-16,22H,9-11,13,17H2,(H,33,34)/b20-14+/t22-/m0/s1. The quantitative estimate of drug-likeness (QED) is 0.412. The van der Waals surface area contributed by atoms with Crippen LogP contribution in [0.3, 0.4) is 0 Å². The number of ether oxygens (including phenoxy) is 1. The molecule has 0 bridgehead atoms. The molecule has 0 amide bonds. The number of benzene rings is 3. The Hall–Kier alpha value is -3.79. The topological polar surface area (TPSA) is 83.9 Å². The number of alkyl halides is 3. The normalized spacial score (nSPS) is 18.1. The van der Waals surface area contributed by atoms with Crippen molar-refractivity contribution in [3.8, 4) is 5.75 Å². The van der Waals surface area contributed by atoms with Crippen LogP contribution in [0.4, 0.5) is 18.9 Å². The third-order valence-corrected chi connectivity index (χ3v) is 8.49. The number of sulfonamides is 1. The molecule has 6 nitrogen and oxygen atoms in total. The van der Waals surface area contributed by atoms with Gasteiger partial charge < -0.3 is 9.84 Å². The van der Waals surface area contributed by atoms with Gasteiger partial charge in [0.25, 0.3) is 10.0 Å². The molecule has 3 aromatic carbocycles. The van der Waals surface area contributed by atoms with Gasteiger partial charge in [0.2, 0.25) is 0 Å². The highest BCUT2D eigenvalue weighted by molar-refractivity contribution is 7.92. The van der Waals surface area contributed by atoms with E-state index in [-0.39, 0.29) is 30.8 Å². The van der Waals surface area contributed by atoms with E-state index in [9.17, 15) is 26.4 Å². The van der Waals surface area contributed by atoms with E-state index >= 15 is 0 Å². The highest BCUT2D eigenvalue weighted by Crippen LogP contribution is 2.41. The van der Waals surface area contributed by atoms with Gasteiger partial charge in [-0.3, -0.25) is 9.10 Å². The van der Waals surface area contributed by atoms with Crippen molar-refractivity contribution in [2.45, 2.75) is 42.9 Å². The second-order valence-electron chi connectivity index (χ2n) is 9.29. The average Bonchev–Trinajstić information content (AvgIpc) is 3.29. The molecule has 0 fully saturated rings. The number of fused-ring (bicyclic) bond motifs is 2. The highest BCUT2D eigenvalue weighted by Gasteiger charge is 2.37. The Morgan fingerprint density at radius 2 is 1.84 bits per heavy atom. The van der Waals surface area contributed by atoms with Gasteiger partial charge in [-0.2, -0.15) is 13.2 Å². The first-order chi connectivity index (χ1) is 18.0. The van der Waals surface area contributed by atoms with Crippen molar-refractivity contribution in [3.05, 3.63) is 89.0 Å². The van der Waals surface area contributed by atoms with E-state index in [1.165, 1.54) is 5.56 Å². The lowest BCUT2D eigenvalue weighted by Crippen LogP contribution is -2.43. The molecule has 198 valence electrons. The van der Waals surface area contributed by atoms with E-state index in [0.717, 1.165) is 46.5 Å². The van der Waals surface area contributed by atoms with Gasteiger partial charge in [-0.15, -0.1) is 0 Å². The first-order valence-electron chi connectivity index (χ1n) is 12.0. The number of anilines is 1. The van der Waals surface area contributed by atoms with Gasteiger partial charge in [0.05, 0.1) is 22.7 Å². The van der Waals surface area contributed by atoms with E-state index in [0.29, 0.717) is 11.6 Å². The fraction of sp³-hybridized carbons (Fsp3) is 0.250. The monoisotopic (exact) mass is 543 g/mol. The molecule has 0 spiro atoms. The van der Waals surface area contributed by atoms with E-state index in [2.05, 4.69) is 6.07 Å². The van der Waals surface area contributed by atoms with Crippen LogP contribution in [0.15, 0.2) is 71.6 Å². The Kier molecular flexibility index (Phi) is 6.68. The molecule has 0 aromatic heterocycles. The van der Waals surface area contributed by atoms with E-state index in [4.69, 9.17) is 9.84 Å². The van der Waals surface area contributed by atoms with Gasteiger partial charge >= 0.3 is 12.1 Å². The Morgan fingerprint density at radius 3 is 2.61 bits per heavy atom. The van der Waals surface area contributed by atoms with Gasteiger partial charge in [0, 0.05) is 6.42 Å². The van der Waals surface area contributed by atoms with Gasteiger partial charge in [-0.05, 0) is 71.9 Å². The molecule has 0 saturated carbocycles. The molecule has 0 radical (unpaired) electrons. The lowest BCUT2D eigenvalue weighted by Gasteiger charge is -2.35. The smallest absolute Gasteiger partial charge is 0.416 e. The third-order valence-electron chi connectivity index (χ3n) is 6.71. The van der Waals surface area contributed by atoms with E-state index in [1.807, 2.05) is 24.3 Å². The lowest BCUT2D eigenvalue weighted by atomic mass is 10.0. The van der Waals surface area contributed by atoms with Crippen molar-refractivity contribution in [3.63, 3.8) is 0 Å². The minimum absolute atomic E-state index is 0.0337. The summed E-state index contributed by atoms with van der Waals surface area (Å²) in [6.07, 6.45) is -2.02. The fourth-order valence-electron chi connectivity index (χ4n) is 4.85.